The van der Waals surface area contributed by atoms with Gasteiger partial charge in [-0.05, 0) is 13.0 Å². The van der Waals surface area contributed by atoms with E-state index in [0.717, 1.165) is 0 Å². The summed E-state index contributed by atoms with van der Waals surface area (Å²) >= 11 is 0. The molecule has 0 aliphatic carbocycles. The van der Waals surface area contributed by atoms with Crippen LogP contribution in [0, 0.1) is 16.0 Å². The number of nitro benzene ring substituents is 1. The van der Waals surface area contributed by atoms with Crippen LogP contribution in [0.25, 0.3) is 0 Å². The summed E-state index contributed by atoms with van der Waals surface area (Å²) in [6.07, 6.45) is -1.12. The molecule has 1 aliphatic rings. The highest BCUT2D eigenvalue weighted by Crippen LogP contribution is 2.32. The van der Waals surface area contributed by atoms with E-state index in [2.05, 4.69) is 5.32 Å². The lowest BCUT2D eigenvalue weighted by molar-refractivity contribution is -0.386. The zero-order chi connectivity index (χ0) is 14.9. The second kappa shape index (κ2) is 5.56. The number of nitrogens with one attached hydrogen (secondary N) is 1. The standard InChI is InChI=1S/C13H16N2O5/c1-7-8(2)20-12(14-11(7)13(16)17)9-5-3-4-6-10(9)15(18)19/h3-8,11-12,14H,1-2H3,(H,16,17)/t7-,8-,11-,12+/m0/s1. The Labute approximate surface area is 115 Å². The maximum atomic E-state index is 11.3. The average molecular weight is 280 g/mol. The summed E-state index contributed by atoms with van der Waals surface area (Å²) in [7, 11) is 0. The first kappa shape index (κ1) is 14.4. The van der Waals surface area contributed by atoms with Gasteiger partial charge in [-0.15, -0.1) is 0 Å². The molecule has 0 aromatic heterocycles. The summed E-state index contributed by atoms with van der Waals surface area (Å²) < 4.78 is 5.68. The van der Waals surface area contributed by atoms with Gasteiger partial charge in [0.15, 0.2) is 0 Å². The molecule has 0 bridgehead atoms. The highest BCUT2D eigenvalue weighted by Gasteiger charge is 2.39. The molecular formula is C13H16N2O5. The van der Waals surface area contributed by atoms with E-state index in [1.807, 2.05) is 0 Å². The summed E-state index contributed by atoms with van der Waals surface area (Å²) in [6, 6.07) is 5.36. The van der Waals surface area contributed by atoms with E-state index in [-0.39, 0.29) is 17.7 Å². The first-order valence-corrected chi connectivity index (χ1v) is 6.29. The van der Waals surface area contributed by atoms with Crippen molar-refractivity contribution in [3.05, 3.63) is 39.9 Å². The molecule has 20 heavy (non-hydrogen) atoms. The topological polar surface area (TPSA) is 102 Å². The van der Waals surface area contributed by atoms with Crippen LogP contribution < -0.4 is 5.32 Å². The Hall–Kier alpha value is -1.99. The SMILES string of the molecule is C[C@H]1[C@H](C)O[C@H](c2ccccc2[N+](=O)[O-])N[C@@H]1C(=O)O. The van der Waals surface area contributed by atoms with Crippen molar-refractivity contribution in [3.8, 4) is 0 Å². The van der Waals surface area contributed by atoms with E-state index < -0.39 is 23.2 Å². The second-order valence-electron chi connectivity index (χ2n) is 4.88. The third-order valence-electron chi connectivity index (χ3n) is 3.63. The number of rotatable bonds is 3. The lowest BCUT2D eigenvalue weighted by Crippen LogP contribution is -2.53. The lowest BCUT2D eigenvalue weighted by Gasteiger charge is -2.38. The molecular weight excluding hydrogens is 264 g/mol. The van der Waals surface area contributed by atoms with Gasteiger partial charge in [-0.2, -0.15) is 0 Å². The number of carbonyl (C=O) groups is 1. The molecule has 7 heteroatoms. The Morgan fingerprint density at radius 3 is 2.65 bits per heavy atom. The molecule has 0 spiro atoms. The first-order chi connectivity index (χ1) is 9.41. The van der Waals surface area contributed by atoms with Crippen LogP contribution in [0.2, 0.25) is 0 Å². The first-order valence-electron chi connectivity index (χ1n) is 6.29. The highest BCUT2D eigenvalue weighted by molar-refractivity contribution is 5.74. The number of aliphatic carboxylic acids is 1. The highest BCUT2D eigenvalue weighted by atomic mass is 16.6. The third kappa shape index (κ3) is 2.63. The minimum absolute atomic E-state index is 0.0871. The molecule has 108 valence electrons. The molecule has 1 heterocycles. The van der Waals surface area contributed by atoms with Crippen LogP contribution in [0.1, 0.15) is 25.6 Å². The van der Waals surface area contributed by atoms with Crippen LogP contribution in [0.3, 0.4) is 0 Å². The van der Waals surface area contributed by atoms with Gasteiger partial charge in [0.25, 0.3) is 5.69 Å². The van der Waals surface area contributed by atoms with Crippen molar-refractivity contribution in [2.24, 2.45) is 5.92 Å². The quantitative estimate of drug-likeness (QED) is 0.645. The fourth-order valence-corrected chi connectivity index (χ4v) is 2.30. The van der Waals surface area contributed by atoms with Gasteiger partial charge in [0.1, 0.15) is 12.3 Å². The predicted molar refractivity (Wildman–Crippen MR) is 70.1 cm³/mol. The van der Waals surface area contributed by atoms with E-state index in [9.17, 15) is 20.0 Å². The van der Waals surface area contributed by atoms with E-state index in [0.29, 0.717) is 5.56 Å². The number of nitro groups is 1. The molecule has 0 saturated carbocycles. The second-order valence-corrected chi connectivity index (χ2v) is 4.88. The zero-order valence-electron chi connectivity index (χ0n) is 11.1. The van der Waals surface area contributed by atoms with Crippen LogP contribution >= 0.6 is 0 Å². The van der Waals surface area contributed by atoms with Gasteiger partial charge in [-0.3, -0.25) is 20.2 Å². The van der Waals surface area contributed by atoms with Crippen molar-refractivity contribution in [1.29, 1.82) is 0 Å². The maximum absolute atomic E-state index is 11.3. The zero-order valence-corrected chi connectivity index (χ0v) is 11.1. The van der Waals surface area contributed by atoms with Crippen molar-refractivity contribution < 1.29 is 19.6 Å². The largest absolute Gasteiger partial charge is 0.480 e. The van der Waals surface area contributed by atoms with Crippen molar-refractivity contribution in [2.45, 2.75) is 32.2 Å². The Morgan fingerprint density at radius 1 is 1.40 bits per heavy atom. The van der Waals surface area contributed by atoms with Crippen LogP contribution in [-0.2, 0) is 9.53 Å². The molecule has 0 amide bonds. The van der Waals surface area contributed by atoms with Gasteiger partial charge in [0, 0.05) is 12.0 Å². The predicted octanol–water partition coefficient (Wildman–Crippen LogP) is 1.69. The maximum Gasteiger partial charge on any atom is 0.321 e. The lowest BCUT2D eigenvalue weighted by atomic mass is 9.93. The summed E-state index contributed by atoms with van der Waals surface area (Å²) in [5, 5.41) is 23.1. The van der Waals surface area contributed by atoms with Crippen LogP contribution in [0.4, 0.5) is 5.69 Å². The Balaban J connectivity index is 2.34. The molecule has 7 nitrogen and oxygen atoms in total. The monoisotopic (exact) mass is 280 g/mol. The number of nitrogens with zero attached hydrogens (tertiary/aromatic N) is 1. The van der Waals surface area contributed by atoms with Gasteiger partial charge in [-0.1, -0.05) is 19.1 Å². The van der Waals surface area contributed by atoms with E-state index in [1.165, 1.54) is 6.07 Å². The van der Waals surface area contributed by atoms with Crippen LogP contribution in [-0.4, -0.2) is 28.1 Å². The number of benzene rings is 1. The normalized spacial score (nSPS) is 29.9. The molecule has 2 rings (SSSR count). The number of ether oxygens (including phenoxy) is 1. The van der Waals surface area contributed by atoms with Gasteiger partial charge >= 0.3 is 5.97 Å². The van der Waals surface area contributed by atoms with Crippen LogP contribution in [0.15, 0.2) is 24.3 Å². The van der Waals surface area contributed by atoms with Crippen molar-refractivity contribution >= 4 is 11.7 Å². The van der Waals surface area contributed by atoms with Crippen molar-refractivity contribution in [1.82, 2.24) is 5.32 Å². The van der Waals surface area contributed by atoms with Crippen molar-refractivity contribution in [3.63, 3.8) is 0 Å². The number of hydrogen-bond acceptors (Lipinski definition) is 5. The Morgan fingerprint density at radius 2 is 2.05 bits per heavy atom. The summed E-state index contributed by atoms with van der Waals surface area (Å²) in [4.78, 5) is 21.8. The Kier molecular flexibility index (Phi) is 4.01. The average Bonchev–Trinajstić information content (AvgIpc) is 2.41. The van der Waals surface area contributed by atoms with Gasteiger partial charge in [0.05, 0.1) is 16.6 Å². The molecule has 1 aromatic rings. The van der Waals surface area contributed by atoms with E-state index >= 15 is 0 Å². The minimum Gasteiger partial charge on any atom is -0.480 e. The fourth-order valence-electron chi connectivity index (χ4n) is 2.30. The number of carboxylic acids is 1. The summed E-state index contributed by atoms with van der Waals surface area (Å²) in [6.45, 7) is 3.54. The van der Waals surface area contributed by atoms with E-state index in [1.54, 1.807) is 32.0 Å². The number of hydrogen-bond donors (Lipinski definition) is 2. The molecule has 1 aromatic carbocycles. The molecule has 0 radical (unpaired) electrons. The van der Waals surface area contributed by atoms with Gasteiger partial charge in [0.2, 0.25) is 0 Å². The fraction of sp³-hybridized carbons (Fsp3) is 0.462. The minimum atomic E-state index is -0.990. The number of para-hydroxylation sites is 1. The van der Waals surface area contributed by atoms with Crippen LogP contribution in [0.5, 0.6) is 0 Å². The molecule has 1 saturated heterocycles. The molecule has 4 atom stereocenters. The molecule has 1 aliphatic heterocycles. The molecule has 0 unspecified atom stereocenters. The van der Waals surface area contributed by atoms with Gasteiger partial charge < -0.3 is 9.84 Å². The summed E-state index contributed by atoms with van der Waals surface area (Å²) in [5.74, 6) is -1.22. The van der Waals surface area contributed by atoms with E-state index in [4.69, 9.17) is 4.74 Å². The third-order valence-corrected chi connectivity index (χ3v) is 3.63. The van der Waals surface area contributed by atoms with Crippen molar-refractivity contribution in [2.75, 3.05) is 0 Å². The Bertz CT molecular complexity index is 533. The van der Waals surface area contributed by atoms with Gasteiger partial charge in [-0.25, -0.2) is 0 Å². The number of carboxylic acid groups (broad SMARTS) is 1. The molecule has 2 N–H and O–H groups in total. The molecule has 1 fully saturated rings. The summed E-state index contributed by atoms with van der Waals surface area (Å²) in [5.41, 5.74) is 0.249. The smallest absolute Gasteiger partial charge is 0.321 e.